The lowest BCUT2D eigenvalue weighted by atomic mass is 10.2. The van der Waals surface area contributed by atoms with Crippen LogP contribution in [0, 0.1) is 5.92 Å². The van der Waals surface area contributed by atoms with E-state index in [9.17, 15) is 13.2 Å². The number of ether oxygens (including phenoxy) is 2. The molecule has 7 nitrogen and oxygen atoms in total. The number of furan rings is 1. The van der Waals surface area contributed by atoms with Gasteiger partial charge in [0.05, 0.1) is 11.2 Å². The number of carbonyl (C=O) groups excluding carboxylic acids is 1. The van der Waals surface area contributed by atoms with Crippen LogP contribution < -0.4 is 14.8 Å². The molecule has 0 spiro atoms. The first-order valence-corrected chi connectivity index (χ1v) is 9.89. The molecule has 0 radical (unpaired) electrons. The molecule has 2 aromatic rings. The van der Waals surface area contributed by atoms with Crippen LogP contribution in [0.4, 0.5) is 0 Å². The van der Waals surface area contributed by atoms with E-state index >= 15 is 0 Å². The van der Waals surface area contributed by atoms with Crippen molar-refractivity contribution in [3.05, 3.63) is 42.4 Å². The monoisotopic (exact) mass is 379 g/mol. The van der Waals surface area contributed by atoms with Gasteiger partial charge in [-0.1, -0.05) is 13.8 Å². The number of carbonyl (C=O) groups is 1. The van der Waals surface area contributed by atoms with Gasteiger partial charge in [-0.3, -0.25) is 4.79 Å². The van der Waals surface area contributed by atoms with Gasteiger partial charge in [0.25, 0.3) is 0 Å². The largest absolute Gasteiger partial charge is 0.486 e. The molecule has 1 aliphatic heterocycles. The number of benzene rings is 1. The summed E-state index contributed by atoms with van der Waals surface area (Å²) < 4.78 is 42.6. The van der Waals surface area contributed by atoms with Crippen LogP contribution in [0.2, 0.25) is 0 Å². The van der Waals surface area contributed by atoms with Crippen LogP contribution in [0.1, 0.15) is 24.9 Å². The van der Waals surface area contributed by atoms with Crippen molar-refractivity contribution in [3.63, 3.8) is 0 Å². The summed E-state index contributed by atoms with van der Waals surface area (Å²) in [6.07, 6.45) is 1.41. The number of fused-ring (bicyclic) bond motifs is 1. The van der Waals surface area contributed by atoms with Gasteiger partial charge in [-0.15, -0.1) is 0 Å². The first-order valence-electron chi connectivity index (χ1n) is 8.34. The molecule has 1 atom stereocenters. The van der Waals surface area contributed by atoms with E-state index in [1.807, 2.05) is 0 Å². The second kappa shape index (κ2) is 7.41. The van der Waals surface area contributed by atoms with Crippen LogP contribution in [-0.2, 0) is 14.6 Å². The molecule has 1 aromatic carbocycles. The Hall–Kier alpha value is -2.48. The highest BCUT2D eigenvalue weighted by atomic mass is 32.2. The van der Waals surface area contributed by atoms with Crippen molar-refractivity contribution in [2.75, 3.05) is 19.8 Å². The highest BCUT2D eigenvalue weighted by Crippen LogP contribution is 2.36. The normalized spacial score (nSPS) is 14.9. The topological polar surface area (TPSA) is 94.8 Å². The predicted molar refractivity (Wildman–Crippen MR) is 93.9 cm³/mol. The lowest BCUT2D eigenvalue weighted by molar-refractivity contribution is -0.123. The van der Waals surface area contributed by atoms with Gasteiger partial charge in [0.2, 0.25) is 5.91 Å². The molecule has 1 aromatic heterocycles. The molecular formula is C18H21NO6S. The Labute approximate surface area is 152 Å². The minimum absolute atomic E-state index is 0.0820. The second-order valence-electron chi connectivity index (χ2n) is 6.25. The Morgan fingerprint density at radius 2 is 1.88 bits per heavy atom. The van der Waals surface area contributed by atoms with Crippen molar-refractivity contribution < 1.29 is 27.1 Å². The summed E-state index contributed by atoms with van der Waals surface area (Å²) in [7, 11) is -3.82. The van der Waals surface area contributed by atoms with Gasteiger partial charge in [-0.05, 0) is 24.3 Å². The number of rotatable bonds is 6. The standard InChI is InChI=1S/C18H21NO6S/c1-12(2)18(20)19-11-17(15-4-3-7-23-15)26(21,22)13-5-6-14-16(10-13)25-9-8-24-14/h3-7,10,12,17H,8-9,11H2,1-2H3,(H,19,20)/t17-/m0/s1. The number of hydrogen-bond donors (Lipinski definition) is 1. The van der Waals surface area contributed by atoms with Crippen molar-refractivity contribution in [3.8, 4) is 11.5 Å². The fourth-order valence-corrected chi connectivity index (χ4v) is 4.20. The molecule has 8 heteroatoms. The van der Waals surface area contributed by atoms with Gasteiger partial charge in [0.1, 0.15) is 24.2 Å². The number of sulfone groups is 1. The Morgan fingerprint density at radius 3 is 2.54 bits per heavy atom. The number of hydrogen-bond acceptors (Lipinski definition) is 6. The van der Waals surface area contributed by atoms with E-state index in [0.29, 0.717) is 24.7 Å². The van der Waals surface area contributed by atoms with E-state index in [1.54, 1.807) is 32.0 Å². The second-order valence-corrected chi connectivity index (χ2v) is 8.38. The lowest BCUT2D eigenvalue weighted by Gasteiger charge is -2.21. The Balaban J connectivity index is 1.93. The molecule has 2 heterocycles. The first kappa shape index (κ1) is 18.3. The Kier molecular flexibility index (Phi) is 5.22. The average molecular weight is 379 g/mol. The van der Waals surface area contributed by atoms with E-state index in [2.05, 4.69) is 5.32 Å². The van der Waals surface area contributed by atoms with Crippen LogP contribution in [0.3, 0.4) is 0 Å². The summed E-state index contributed by atoms with van der Waals surface area (Å²) in [5.74, 6) is 0.701. The third kappa shape index (κ3) is 3.70. The van der Waals surface area contributed by atoms with Crippen molar-refractivity contribution in [2.45, 2.75) is 24.0 Å². The maximum atomic E-state index is 13.2. The van der Waals surface area contributed by atoms with Gasteiger partial charge in [-0.2, -0.15) is 0 Å². The minimum Gasteiger partial charge on any atom is -0.486 e. The smallest absolute Gasteiger partial charge is 0.222 e. The van der Waals surface area contributed by atoms with Crippen molar-refractivity contribution >= 4 is 15.7 Å². The van der Waals surface area contributed by atoms with Crippen molar-refractivity contribution in [2.24, 2.45) is 5.92 Å². The minimum atomic E-state index is -3.82. The lowest BCUT2D eigenvalue weighted by Crippen LogP contribution is -2.34. The first-order chi connectivity index (χ1) is 12.4. The van der Waals surface area contributed by atoms with Crippen molar-refractivity contribution in [1.29, 1.82) is 0 Å². The maximum Gasteiger partial charge on any atom is 0.222 e. The summed E-state index contributed by atoms with van der Waals surface area (Å²) in [5.41, 5.74) is 0. The summed E-state index contributed by atoms with van der Waals surface area (Å²) >= 11 is 0. The molecule has 3 rings (SSSR count). The molecule has 0 unspecified atom stereocenters. The van der Waals surface area contributed by atoms with Crippen molar-refractivity contribution in [1.82, 2.24) is 5.32 Å². The molecule has 140 valence electrons. The fraction of sp³-hybridized carbons (Fsp3) is 0.389. The van der Waals surface area contributed by atoms with Gasteiger partial charge < -0.3 is 19.2 Å². The zero-order valence-corrected chi connectivity index (χ0v) is 15.4. The molecule has 0 aliphatic carbocycles. The summed E-state index contributed by atoms with van der Waals surface area (Å²) in [4.78, 5) is 12.0. The number of amides is 1. The van der Waals surface area contributed by atoms with Gasteiger partial charge >= 0.3 is 0 Å². The van der Waals surface area contributed by atoms with Crippen LogP contribution in [0.15, 0.2) is 45.9 Å². The van der Waals surface area contributed by atoms with Gasteiger partial charge in [0, 0.05) is 18.5 Å². The SMILES string of the molecule is CC(C)C(=O)NC[C@@H](c1ccco1)S(=O)(=O)c1ccc2c(c1)OCCO2. The molecule has 0 bridgehead atoms. The molecule has 0 saturated carbocycles. The molecule has 1 aliphatic rings. The highest BCUT2D eigenvalue weighted by Gasteiger charge is 2.33. The quantitative estimate of drug-likeness (QED) is 0.828. The van der Waals surface area contributed by atoms with E-state index < -0.39 is 15.1 Å². The Bertz CT molecular complexity index is 873. The van der Waals surface area contributed by atoms with Gasteiger partial charge in [-0.25, -0.2) is 8.42 Å². The van der Waals surface area contributed by atoms with Crippen LogP contribution in [-0.4, -0.2) is 34.1 Å². The summed E-state index contributed by atoms with van der Waals surface area (Å²) in [6.45, 7) is 4.19. The molecule has 0 fully saturated rings. The zero-order valence-electron chi connectivity index (χ0n) is 14.6. The fourth-order valence-electron chi connectivity index (χ4n) is 2.60. The zero-order chi connectivity index (χ0) is 18.7. The third-order valence-corrected chi connectivity index (χ3v) is 6.12. The van der Waals surface area contributed by atoms with E-state index in [4.69, 9.17) is 13.9 Å². The highest BCUT2D eigenvalue weighted by molar-refractivity contribution is 7.91. The van der Waals surface area contributed by atoms with E-state index in [0.717, 1.165) is 0 Å². The van der Waals surface area contributed by atoms with E-state index in [-0.39, 0.29) is 29.0 Å². The number of nitrogens with one attached hydrogen (secondary N) is 1. The molecule has 1 N–H and O–H groups in total. The van der Waals surface area contributed by atoms with Crippen LogP contribution in [0.5, 0.6) is 11.5 Å². The molecule has 26 heavy (non-hydrogen) atoms. The summed E-state index contributed by atoms with van der Waals surface area (Å²) in [5, 5.41) is 1.64. The predicted octanol–water partition coefficient (Wildman–Crippen LogP) is 2.34. The van der Waals surface area contributed by atoms with Crippen LogP contribution in [0.25, 0.3) is 0 Å². The van der Waals surface area contributed by atoms with E-state index in [1.165, 1.54) is 18.4 Å². The average Bonchev–Trinajstić information content (AvgIpc) is 3.15. The Morgan fingerprint density at radius 1 is 1.15 bits per heavy atom. The summed E-state index contributed by atoms with van der Waals surface area (Å²) in [6, 6.07) is 7.70. The molecule has 0 saturated heterocycles. The van der Waals surface area contributed by atoms with Crippen LogP contribution >= 0.6 is 0 Å². The molecular weight excluding hydrogens is 358 g/mol. The maximum absolute atomic E-state index is 13.2. The van der Waals surface area contributed by atoms with Gasteiger partial charge in [0.15, 0.2) is 21.3 Å². The molecule has 1 amide bonds. The third-order valence-electron chi connectivity index (χ3n) is 4.06.